The van der Waals surface area contributed by atoms with Gasteiger partial charge in [0.05, 0.1) is 0 Å². The number of guanidine groups is 1. The lowest BCUT2D eigenvalue weighted by molar-refractivity contribution is 0.653. The predicted molar refractivity (Wildman–Crippen MR) is 52.7 cm³/mol. The Morgan fingerprint density at radius 2 is 1.08 bits per heavy atom. The van der Waals surface area contributed by atoms with Gasteiger partial charge in [-0.1, -0.05) is 12.8 Å². The maximum absolute atomic E-state index is 6.06. The Morgan fingerprint density at radius 3 is 1.25 bits per heavy atom. The smallest absolute Gasteiger partial charge is 0.183 e. The second-order valence-corrected chi connectivity index (χ2v) is 2.45. The van der Waals surface area contributed by atoms with Gasteiger partial charge in [0.15, 0.2) is 5.96 Å². The summed E-state index contributed by atoms with van der Waals surface area (Å²) in [6, 6.07) is 0. The van der Waals surface area contributed by atoms with Crippen LogP contribution in [0.5, 0.6) is 0 Å². The highest BCUT2D eigenvalue weighted by Gasteiger charge is 1.83. The first-order chi connectivity index (χ1) is 5.65. The molecule has 0 aromatic carbocycles. The number of hydrogen-bond donors (Lipinski definition) is 5. The van der Waals surface area contributed by atoms with Crippen molar-refractivity contribution in [1.82, 2.24) is 0 Å². The van der Waals surface area contributed by atoms with Gasteiger partial charge in [0.25, 0.3) is 0 Å². The fourth-order valence-corrected chi connectivity index (χ4v) is 0.642. The standard InChI is InChI=1S/C6H16N2.CH5N3/c7-5-3-1-2-4-6-8;2-1(3)4/h1-8H2;(H5,2,3,4). The molecule has 0 spiro atoms. The summed E-state index contributed by atoms with van der Waals surface area (Å²) >= 11 is 0. The van der Waals surface area contributed by atoms with E-state index < -0.39 is 0 Å². The van der Waals surface area contributed by atoms with Gasteiger partial charge in [0.2, 0.25) is 0 Å². The highest BCUT2D eigenvalue weighted by molar-refractivity contribution is 5.71. The summed E-state index contributed by atoms with van der Waals surface area (Å²) in [4.78, 5) is 0. The summed E-state index contributed by atoms with van der Waals surface area (Å²) in [6.45, 7) is 1.65. The molecule has 12 heavy (non-hydrogen) atoms. The van der Waals surface area contributed by atoms with E-state index in [1.807, 2.05) is 0 Å². The van der Waals surface area contributed by atoms with Crippen molar-refractivity contribution in [1.29, 1.82) is 5.41 Å². The van der Waals surface area contributed by atoms with Crippen molar-refractivity contribution in [2.75, 3.05) is 13.1 Å². The van der Waals surface area contributed by atoms with Crippen LogP contribution in [-0.4, -0.2) is 19.0 Å². The van der Waals surface area contributed by atoms with Crippen molar-refractivity contribution in [3.8, 4) is 0 Å². The molecule has 0 aliphatic carbocycles. The quantitative estimate of drug-likeness (QED) is 0.215. The van der Waals surface area contributed by atoms with Crippen LogP contribution in [0.1, 0.15) is 25.7 Å². The van der Waals surface area contributed by atoms with Crippen molar-refractivity contribution >= 4 is 5.96 Å². The van der Waals surface area contributed by atoms with E-state index in [2.05, 4.69) is 11.5 Å². The topological polar surface area (TPSA) is 128 Å². The Bertz CT molecular complexity index is 83.8. The van der Waals surface area contributed by atoms with Crippen LogP contribution < -0.4 is 22.9 Å². The maximum atomic E-state index is 6.06. The molecule has 0 radical (unpaired) electrons. The Kier molecular flexibility index (Phi) is 14.7. The Balaban J connectivity index is 0. The summed E-state index contributed by atoms with van der Waals surface area (Å²) in [7, 11) is 0. The molecule has 0 aromatic rings. The minimum atomic E-state index is -0.333. The Labute approximate surface area is 74.0 Å². The lowest BCUT2D eigenvalue weighted by atomic mass is 10.2. The van der Waals surface area contributed by atoms with Crippen LogP contribution in [0.2, 0.25) is 0 Å². The first-order valence-electron chi connectivity index (χ1n) is 4.14. The van der Waals surface area contributed by atoms with Gasteiger partial charge >= 0.3 is 0 Å². The molecule has 0 fully saturated rings. The van der Waals surface area contributed by atoms with Gasteiger partial charge in [0, 0.05) is 0 Å². The number of unbranched alkanes of at least 4 members (excludes halogenated alkanes) is 3. The van der Waals surface area contributed by atoms with E-state index in [-0.39, 0.29) is 5.96 Å². The molecule has 0 rings (SSSR count). The molecule has 0 unspecified atom stereocenters. The predicted octanol–water partition coefficient (Wildman–Crippen LogP) is -0.697. The molecule has 0 atom stereocenters. The van der Waals surface area contributed by atoms with E-state index >= 15 is 0 Å². The molecular formula is C7H21N5. The molecule has 0 amide bonds. The van der Waals surface area contributed by atoms with Gasteiger partial charge in [-0.15, -0.1) is 0 Å². The van der Waals surface area contributed by atoms with Gasteiger partial charge in [0.1, 0.15) is 0 Å². The van der Waals surface area contributed by atoms with Crippen LogP contribution in [-0.2, 0) is 0 Å². The Hall–Kier alpha value is -0.810. The first-order valence-corrected chi connectivity index (χ1v) is 4.14. The minimum Gasteiger partial charge on any atom is -0.370 e. The van der Waals surface area contributed by atoms with Gasteiger partial charge in [-0.2, -0.15) is 0 Å². The maximum Gasteiger partial charge on any atom is 0.183 e. The van der Waals surface area contributed by atoms with Crippen molar-refractivity contribution < 1.29 is 0 Å². The average Bonchev–Trinajstić information content (AvgIpc) is 1.97. The molecule has 74 valence electrons. The summed E-state index contributed by atoms with van der Waals surface area (Å²) in [6.07, 6.45) is 4.79. The van der Waals surface area contributed by atoms with E-state index in [1.165, 1.54) is 12.8 Å². The zero-order chi connectivity index (χ0) is 9.82. The second-order valence-electron chi connectivity index (χ2n) is 2.45. The van der Waals surface area contributed by atoms with Gasteiger partial charge in [-0.3, -0.25) is 5.41 Å². The minimum absolute atomic E-state index is 0.333. The lowest BCUT2D eigenvalue weighted by Gasteiger charge is -1.94. The molecule has 0 heterocycles. The van der Waals surface area contributed by atoms with Crippen molar-refractivity contribution in [3.63, 3.8) is 0 Å². The first kappa shape index (κ1) is 13.8. The van der Waals surface area contributed by atoms with Crippen LogP contribution in [0.3, 0.4) is 0 Å². The van der Waals surface area contributed by atoms with Gasteiger partial charge in [-0.05, 0) is 25.9 Å². The highest BCUT2D eigenvalue weighted by atomic mass is 14.9. The fourth-order valence-electron chi connectivity index (χ4n) is 0.642. The fraction of sp³-hybridized carbons (Fsp3) is 0.857. The highest BCUT2D eigenvalue weighted by Crippen LogP contribution is 1.95. The summed E-state index contributed by atoms with van der Waals surface area (Å²) in [5, 5.41) is 6.06. The molecule has 9 N–H and O–H groups in total. The van der Waals surface area contributed by atoms with Crippen LogP contribution in [0.15, 0.2) is 0 Å². The number of nitrogens with two attached hydrogens (primary N) is 4. The summed E-state index contributed by atoms with van der Waals surface area (Å²) in [5.41, 5.74) is 19.5. The number of nitrogens with one attached hydrogen (secondary N) is 1. The van der Waals surface area contributed by atoms with Crippen molar-refractivity contribution in [3.05, 3.63) is 0 Å². The normalized spacial score (nSPS) is 8.50. The third-order valence-electron chi connectivity index (χ3n) is 1.16. The molecule has 0 bridgehead atoms. The monoisotopic (exact) mass is 175 g/mol. The van der Waals surface area contributed by atoms with E-state index in [4.69, 9.17) is 16.9 Å². The number of hydrogen-bond acceptors (Lipinski definition) is 3. The molecule has 0 aliphatic heterocycles. The van der Waals surface area contributed by atoms with Crippen LogP contribution in [0.25, 0.3) is 0 Å². The third kappa shape index (κ3) is 35.1. The molecule has 0 aliphatic rings. The van der Waals surface area contributed by atoms with Gasteiger partial charge < -0.3 is 22.9 Å². The second kappa shape index (κ2) is 12.8. The Morgan fingerprint density at radius 1 is 0.833 bits per heavy atom. The largest absolute Gasteiger partial charge is 0.370 e. The average molecular weight is 175 g/mol. The van der Waals surface area contributed by atoms with Crippen LogP contribution >= 0.6 is 0 Å². The van der Waals surface area contributed by atoms with Crippen molar-refractivity contribution in [2.24, 2.45) is 22.9 Å². The molecule has 0 aromatic heterocycles. The van der Waals surface area contributed by atoms with E-state index in [0.717, 1.165) is 25.9 Å². The van der Waals surface area contributed by atoms with E-state index in [0.29, 0.717) is 0 Å². The number of rotatable bonds is 5. The molecular weight excluding hydrogens is 154 g/mol. The molecule has 0 saturated carbocycles. The molecule has 5 nitrogen and oxygen atoms in total. The SMILES string of the molecule is N=C(N)N.NCCCCCCN. The summed E-state index contributed by atoms with van der Waals surface area (Å²) in [5.74, 6) is -0.333. The molecule has 0 saturated heterocycles. The third-order valence-corrected chi connectivity index (χ3v) is 1.16. The molecule has 5 heteroatoms. The summed E-state index contributed by atoms with van der Waals surface area (Å²) < 4.78 is 0. The zero-order valence-corrected chi connectivity index (χ0v) is 7.55. The van der Waals surface area contributed by atoms with Crippen molar-refractivity contribution in [2.45, 2.75) is 25.7 Å². The van der Waals surface area contributed by atoms with E-state index in [9.17, 15) is 0 Å². The van der Waals surface area contributed by atoms with Crippen LogP contribution in [0.4, 0.5) is 0 Å². The van der Waals surface area contributed by atoms with Crippen LogP contribution in [0, 0.1) is 5.41 Å². The zero-order valence-electron chi connectivity index (χ0n) is 7.55. The van der Waals surface area contributed by atoms with Gasteiger partial charge in [-0.25, -0.2) is 0 Å². The lowest BCUT2D eigenvalue weighted by Crippen LogP contribution is -2.20. The van der Waals surface area contributed by atoms with E-state index in [1.54, 1.807) is 0 Å².